The molecule has 3 rings (SSSR count). The molecule has 2 aliphatic rings. The minimum atomic E-state index is 0. The molecule has 2 heterocycles. The van der Waals surface area contributed by atoms with E-state index in [1.807, 2.05) is 6.92 Å². The van der Waals surface area contributed by atoms with E-state index < -0.39 is 0 Å². The first-order valence-corrected chi connectivity index (χ1v) is 8.46. The van der Waals surface area contributed by atoms with E-state index >= 15 is 0 Å². The van der Waals surface area contributed by atoms with E-state index in [1.165, 1.54) is 0 Å². The van der Waals surface area contributed by atoms with Crippen molar-refractivity contribution >= 4 is 42.1 Å². The first kappa shape index (κ1) is 19.7. The van der Waals surface area contributed by atoms with E-state index in [-0.39, 0.29) is 42.7 Å². The summed E-state index contributed by atoms with van der Waals surface area (Å²) in [6.07, 6.45) is 4.28. The smallest absolute Gasteiger partial charge is 0.224 e. The minimum Gasteiger partial charge on any atom is -0.347 e. The van der Waals surface area contributed by atoms with Crippen LogP contribution in [0.3, 0.4) is 0 Å². The van der Waals surface area contributed by atoms with E-state index in [0.29, 0.717) is 5.41 Å². The second-order valence-corrected chi connectivity index (χ2v) is 7.06. The molecule has 4 nitrogen and oxygen atoms in total. The molecule has 22 heavy (non-hydrogen) atoms. The lowest BCUT2D eigenvalue weighted by atomic mass is 9.91. The van der Waals surface area contributed by atoms with Crippen LogP contribution in [0.5, 0.6) is 0 Å². The monoisotopic (exact) mass is 365 g/mol. The number of aryl methyl sites for hydroxylation is 1. The minimum absolute atomic E-state index is 0. The number of hydrogen-bond donors (Lipinski definition) is 2. The Morgan fingerprint density at radius 3 is 2.73 bits per heavy atom. The van der Waals surface area contributed by atoms with Gasteiger partial charge in [0, 0.05) is 17.0 Å². The van der Waals surface area contributed by atoms with Gasteiger partial charge in [0.2, 0.25) is 5.91 Å². The number of amides is 1. The van der Waals surface area contributed by atoms with Crippen LogP contribution in [0.15, 0.2) is 5.38 Å². The van der Waals surface area contributed by atoms with E-state index in [0.717, 1.165) is 49.5 Å². The summed E-state index contributed by atoms with van der Waals surface area (Å²) in [4.78, 5) is 17.0. The number of halogens is 2. The largest absolute Gasteiger partial charge is 0.347 e. The van der Waals surface area contributed by atoms with Gasteiger partial charge in [-0.2, -0.15) is 0 Å². The van der Waals surface area contributed by atoms with Crippen molar-refractivity contribution in [3.8, 4) is 0 Å². The third-order valence-electron chi connectivity index (χ3n) is 4.77. The summed E-state index contributed by atoms with van der Waals surface area (Å²) in [6, 6.07) is 0.0839. The molecule has 2 atom stereocenters. The van der Waals surface area contributed by atoms with E-state index in [1.54, 1.807) is 11.3 Å². The Bertz CT molecular complexity index is 503. The number of rotatable bonds is 4. The second-order valence-electron chi connectivity index (χ2n) is 6.17. The van der Waals surface area contributed by atoms with Crippen LogP contribution in [0.4, 0.5) is 0 Å². The molecule has 2 fully saturated rings. The average Bonchev–Trinajstić information content (AvgIpc) is 2.96. The summed E-state index contributed by atoms with van der Waals surface area (Å²) in [7, 11) is 0. The van der Waals surface area contributed by atoms with Crippen molar-refractivity contribution in [1.29, 1.82) is 0 Å². The van der Waals surface area contributed by atoms with Crippen molar-refractivity contribution in [2.75, 3.05) is 13.1 Å². The van der Waals surface area contributed by atoms with Gasteiger partial charge >= 0.3 is 0 Å². The van der Waals surface area contributed by atoms with Gasteiger partial charge in [-0.25, -0.2) is 4.98 Å². The highest BCUT2D eigenvalue weighted by Gasteiger charge is 2.57. The molecule has 126 valence electrons. The lowest BCUT2D eigenvalue weighted by Crippen LogP contribution is -2.35. The molecule has 2 N–H and O–H groups in total. The maximum absolute atomic E-state index is 12.5. The molecule has 0 aromatic carbocycles. The first-order chi connectivity index (χ1) is 9.64. The van der Waals surface area contributed by atoms with Crippen LogP contribution in [0.25, 0.3) is 0 Å². The van der Waals surface area contributed by atoms with Gasteiger partial charge in [0.25, 0.3) is 0 Å². The number of thiazole rings is 1. The van der Waals surface area contributed by atoms with E-state index in [4.69, 9.17) is 0 Å². The number of carbonyl (C=O) groups is 1. The molecule has 0 bridgehead atoms. The van der Waals surface area contributed by atoms with Crippen LogP contribution in [-0.2, 0) is 4.79 Å². The standard InChI is InChI=1S/C15H23N3OS.2ClH/c1-3-12(14-17-10(2)9-20-14)18-13(19)11-8-15(11)4-6-16-7-5-15;;/h9,11-12,16H,3-8H2,1-2H3,(H,18,19);2*1H. The number of piperidine rings is 1. The molecule has 1 aliphatic carbocycles. The molecular formula is C15H25Cl2N3OS. The highest BCUT2D eigenvalue weighted by molar-refractivity contribution is 7.09. The fraction of sp³-hybridized carbons (Fsp3) is 0.733. The van der Waals surface area contributed by atoms with Crippen molar-refractivity contribution < 1.29 is 4.79 Å². The molecule has 7 heteroatoms. The van der Waals surface area contributed by atoms with Gasteiger partial charge < -0.3 is 10.6 Å². The van der Waals surface area contributed by atoms with Crippen LogP contribution in [0.1, 0.15) is 49.4 Å². The molecular weight excluding hydrogens is 341 g/mol. The van der Waals surface area contributed by atoms with Crippen molar-refractivity contribution in [2.24, 2.45) is 11.3 Å². The fourth-order valence-electron chi connectivity index (χ4n) is 3.34. The summed E-state index contributed by atoms with van der Waals surface area (Å²) >= 11 is 1.65. The Balaban J connectivity index is 0.00000121. The maximum atomic E-state index is 12.5. The van der Waals surface area contributed by atoms with E-state index in [9.17, 15) is 4.79 Å². The zero-order valence-electron chi connectivity index (χ0n) is 13.1. The van der Waals surface area contributed by atoms with E-state index in [2.05, 4.69) is 27.9 Å². The number of aromatic nitrogens is 1. The number of nitrogens with zero attached hydrogens (tertiary/aromatic N) is 1. The highest BCUT2D eigenvalue weighted by atomic mass is 35.5. The van der Waals surface area contributed by atoms with Crippen LogP contribution in [-0.4, -0.2) is 24.0 Å². The quantitative estimate of drug-likeness (QED) is 0.860. The Morgan fingerprint density at radius 1 is 1.50 bits per heavy atom. The van der Waals surface area contributed by atoms with Gasteiger partial charge in [0.05, 0.1) is 6.04 Å². The van der Waals surface area contributed by atoms with Crippen LogP contribution < -0.4 is 10.6 Å². The first-order valence-electron chi connectivity index (χ1n) is 7.58. The molecule has 1 amide bonds. The second kappa shape index (κ2) is 7.95. The third kappa shape index (κ3) is 3.94. The van der Waals surface area contributed by atoms with Gasteiger partial charge in [-0.05, 0) is 51.1 Å². The summed E-state index contributed by atoms with van der Waals surface area (Å²) in [5.74, 6) is 0.478. The van der Waals surface area contributed by atoms with Crippen molar-refractivity contribution in [3.63, 3.8) is 0 Å². The lowest BCUT2D eigenvalue weighted by Gasteiger charge is -2.24. The molecule has 1 saturated carbocycles. The Labute approximate surface area is 148 Å². The highest BCUT2D eigenvalue weighted by Crippen LogP contribution is 2.58. The van der Waals surface area contributed by atoms with Gasteiger partial charge in [0.1, 0.15) is 5.01 Å². The molecule has 1 saturated heterocycles. The number of hydrogen-bond acceptors (Lipinski definition) is 4. The molecule has 0 radical (unpaired) electrons. The molecule has 1 aliphatic heterocycles. The Morgan fingerprint density at radius 2 is 2.18 bits per heavy atom. The normalized spacial score (nSPS) is 23.1. The third-order valence-corrected chi connectivity index (χ3v) is 5.84. The maximum Gasteiger partial charge on any atom is 0.224 e. The predicted octanol–water partition coefficient (Wildman–Crippen LogP) is 3.25. The molecule has 1 spiro atoms. The van der Waals surface area contributed by atoms with Gasteiger partial charge in [-0.15, -0.1) is 36.2 Å². The van der Waals surface area contributed by atoms with Gasteiger partial charge in [-0.1, -0.05) is 6.92 Å². The zero-order valence-corrected chi connectivity index (χ0v) is 15.5. The zero-order chi connectivity index (χ0) is 14.2. The van der Waals surface area contributed by atoms with Gasteiger partial charge in [-0.3, -0.25) is 4.79 Å². The van der Waals surface area contributed by atoms with Crippen LogP contribution >= 0.6 is 36.2 Å². The SMILES string of the molecule is CCC(NC(=O)C1CC12CCNCC2)c1nc(C)cs1.Cl.Cl. The van der Waals surface area contributed by atoms with Gasteiger partial charge in [0.15, 0.2) is 0 Å². The Hall–Kier alpha value is -0.360. The topological polar surface area (TPSA) is 54.0 Å². The molecule has 1 aromatic heterocycles. The summed E-state index contributed by atoms with van der Waals surface area (Å²) in [6.45, 7) is 6.23. The summed E-state index contributed by atoms with van der Waals surface area (Å²) < 4.78 is 0. The Kier molecular flexibility index (Phi) is 7.12. The van der Waals surface area contributed by atoms with Crippen molar-refractivity contribution in [2.45, 2.75) is 45.6 Å². The molecule has 2 unspecified atom stereocenters. The lowest BCUT2D eigenvalue weighted by molar-refractivity contribution is -0.124. The fourth-order valence-corrected chi connectivity index (χ4v) is 4.27. The molecule has 1 aromatic rings. The van der Waals surface area contributed by atoms with Crippen LogP contribution in [0, 0.1) is 18.3 Å². The van der Waals surface area contributed by atoms with Crippen molar-refractivity contribution in [1.82, 2.24) is 15.6 Å². The number of carbonyl (C=O) groups excluding carboxylic acids is 1. The summed E-state index contributed by atoms with van der Waals surface area (Å²) in [5.41, 5.74) is 1.35. The number of nitrogens with one attached hydrogen (secondary N) is 2. The summed E-state index contributed by atoms with van der Waals surface area (Å²) in [5, 5.41) is 9.69. The van der Waals surface area contributed by atoms with Crippen LogP contribution in [0.2, 0.25) is 0 Å². The average molecular weight is 366 g/mol. The van der Waals surface area contributed by atoms with Crippen molar-refractivity contribution in [3.05, 3.63) is 16.1 Å². The predicted molar refractivity (Wildman–Crippen MR) is 95.2 cm³/mol.